The molecular weight excluding hydrogens is 292 g/mol. The number of rotatable bonds is 14. The van der Waals surface area contributed by atoms with Gasteiger partial charge < -0.3 is 14.2 Å². The van der Waals surface area contributed by atoms with Crippen molar-refractivity contribution in [3.8, 4) is 0 Å². The summed E-state index contributed by atoms with van der Waals surface area (Å²) in [6.07, 6.45) is 15.8. The topological polar surface area (TPSA) is 51.4 Å². The number of carbonyl (C=O) groups excluding carboxylic acids is 1. The Balaban J connectivity index is 1.35. The van der Waals surface area contributed by atoms with Crippen LogP contribution >= 0.6 is 0 Å². The number of esters is 1. The van der Waals surface area contributed by atoms with Gasteiger partial charge in [0.25, 0.3) is 0 Å². The van der Waals surface area contributed by atoms with Gasteiger partial charge in [0, 0.05) is 12.8 Å². The van der Waals surface area contributed by atoms with Gasteiger partial charge in [-0.1, -0.05) is 51.9 Å². The summed E-state index contributed by atoms with van der Waals surface area (Å²) in [5.41, 5.74) is 0. The molecule has 0 aromatic rings. The van der Waals surface area contributed by atoms with Crippen LogP contribution in [0.4, 0.5) is 0 Å². The van der Waals surface area contributed by atoms with Crippen molar-refractivity contribution in [2.45, 2.75) is 108 Å². The van der Waals surface area contributed by atoms with Crippen LogP contribution in [0, 0.1) is 0 Å². The lowest BCUT2D eigenvalue weighted by atomic mass is 10.0. The molecule has 0 amide bonds. The molecule has 0 aliphatic carbocycles. The van der Waals surface area contributed by atoms with Crippen molar-refractivity contribution in [2.24, 2.45) is 0 Å². The predicted molar refractivity (Wildman–Crippen MR) is 90.4 cm³/mol. The van der Waals surface area contributed by atoms with Gasteiger partial charge in [-0.05, 0) is 19.3 Å². The highest BCUT2D eigenvalue weighted by Gasteiger charge is 2.47. The first kappa shape index (κ1) is 18.7. The third-order valence-corrected chi connectivity index (χ3v) is 5.03. The summed E-state index contributed by atoms with van der Waals surface area (Å²) in [6, 6.07) is 0. The second-order valence-electron chi connectivity index (χ2n) is 7.04. The number of unbranched alkanes of at least 4 members (excludes halogenated alkanes) is 6. The molecule has 4 nitrogen and oxygen atoms in total. The number of ether oxygens (including phenoxy) is 3. The quantitative estimate of drug-likeness (QED) is 0.270. The lowest BCUT2D eigenvalue weighted by Crippen LogP contribution is -2.02. The number of epoxide rings is 2. The Labute approximate surface area is 141 Å². The van der Waals surface area contributed by atoms with Crippen molar-refractivity contribution < 1.29 is 19.0 Å². The van der Waals surface area contributed by atoms with E-state index in [4.69, 9.17) is 9.47 Å². The summed E-state index contributed by atoms with van der Waals surface area (Å²) in [6.45, 7) is 2.24. The Morgan fingerprint density at radius 1 is 0.826 bits per heavy atom. The van der Waals surface area contributed by atoms with E-state index in [0.717, 1.165) is 19.3 Å². The fourth-order valence-corrected chi connectivity index (χ4v) is 3.35. The van der Waals surface area contributed by atoms with Gasteiger partial charge in [-0.15, -0.1) is 0 Å². The van der Waals surface area contributed by atoms with Gasteiger partial charge in [0.1, 0.15) is 0 Å². The molecule has 23 heavy (non-hydrogen) atoms. The van der Waals surface area contributed by atoms with E-state index >= 15 is 0 Å². The highest BCUT2D eigenvalue weighted by atomic mass is 16.6. The van der Waals surface area contributed by atoms with Gasteiger partial charge in [0.05, 0.1) is 31.5 Å². The van der Waals surface area contributed by atoms with Crippen LogP contribution in [-0.2, 0) is 19.0 Å². The minimum Gasteiger partial charge on any atom is -0.469 e. The average molecular weight is 326 g/mol. The monoisotopic (exact) mass is 326 g/mol. The zero-order valence-corrected chi connectivity index (χ0v) is 14.9. The maximum Gasteiger partial charge on any atom is 0.305 e. The molecule has 2 aliphatic rings. The Kier molecular flexibility index (Phi) is 8.38. The molecule has 2 saturated heterocycles. The Morgan fingerprint density at radius 3 is 2.00 bits per heavy atom. The van der Waals surface area contributed by atoms with Crippen molar-refractivity contribution in [3.05, 3.63) is 0 Å². The molecule has 2 rings (SSSR count). The molecule has 0 unspecified atom stereocenters. The minimum absolute atomic E-state index is 0.0884. The molecule has 134 valence electrons. The SMILES string of the molecule is CCCCC[C@H]1O[C@@H]1C[C@H]1O[C@H]1CCCCCCCC(=O)OC. The van der Waals surface area contributed by atoms with Crippen LogP contribution in [-0.4, -0.2) is 37.5 Å². The smallest absolute Gasteiger partial charge is 0.305 e. The minimum atomic E-state index is -0.0884. The van der Waals surface area contributed by atoms with E-state index in [-0.39, 0.29) is 5.97 Å². The number of hydrogen-bond acceptors (Lipinski definition) is 4. The normalized spacial score (nSPS) is 28.6. The molecule has 4 atom stereocenters. The summed E-state index contributed by atoms with van der Waals surface area (Å²) in [7, 11) is 1.45. The maximum atomic E-state index is 11.0. The number of hydrogen-bond donors (Lipinski definition) is 0. The van der Waals surface area contributed by atoms with Crippen LogP contribution in [0.2, 0.25) is 0 Å². The summed E-state index contributed by atoms with van der Waals surface area (Å²) in [5, 5.41) is 0. The maximum absolute atomic E-state index is 11.0. The van der Waals surface area contributed by atoms with Crippen LogP contribution < -0.4 is 0 Å². The summed E-state index contributed by atoms with van der Waals surface area (Å²) >= 11 is 0. The molecular formula is C19H34O4. The van der Waals surface area contributed by atoms with E-state index in [9.17, 15) is 4.79 Å². The third-order valence-electron chi connectivity index (χ3n) is 5.03. The first-order valence-corrected chi connectivity index (χ1v) is 9.62. The standard InChI is InChI=1S/C19H34O4/c1-3-4-8-11-15-17(22-15)14-18-16(23-18)12-9-6-5-7-10-13-19(20)21-2/h15-18H,3-14H2,1-2H3/t15-,16+,17-,18-/m1/s1. The van der Waals surface area contributed by atoms with Crippen LogP contribution in [0.15, 0.2) is 0 Å². The molecule has 2 fully saturated rings. The average Bonchev–Trinajstić information content (AvgIpc) is 3.46. The van der Waals surface area contributed by atoms with Crippen LogP contribution in [0.1, 0.15) is 84.0 Å². The molecule has 4 heteroatoms. The molecule has 2 heterocycles. The van der Waals surface area contributed by atoms with Crippen molar-refractivity contribution in [1.29, 1.82) is 0 Å². The van der Waals surface area contributed by atoms with Gasteiger partial charge in [0.15, 0.2) is 0 Å². The van der Waals surface area contributed by atoms with Gasteiger partial charge in [0.2, 0.25) is 0 Å². The zero-order chi connectivity index (χ0) is 16.5. The first-order chi connectivity index (χ1) is 11.2. The second-order valence-corrected chi connectivity index (χ2v) is 7.04. The molecule has 0 aromatic carbocycles. The van der Waals surface area contributed by atoms with E-state index < -0.39 is 0 Å². The van der Waals surface area contributed by atoms with Crippen LogP contribution in [0.3, 0.4) is 0 Å². The van der Waals surface area contributed by atoms with Gasteiger partial charge in [-0.2, -0.15) is 0 Å². The molecule has 0 N–H and O–H groups in total. The van der Waals surface area contributed by atoms with E-state index in [1.807, 2.05) is 0 Å². The van der Waals surface area contributed by atoms with E-state index in [1.165, 1.54) is 58.5 Å². The molecule has 0 spiro atoms. The van der Waals surface area contributed by atoms with Crippen molar-refractivity contribution >= 4 is 5.97 Å². The number of carbonyl (C=O) groups is 1. The molecule has 0 bridgehead atoms. The van der Waals surface area contributed by atoms with Crippen molar-refractivity contribution in [2.75, 3.05) is 7.11 Å². The Bertz CT molecular complexity index is 344. The summed E-state index contributed by atoms with van der Waals surface area (Å²) in [5.74, 6) is -0.0884. The van der Waals surface area contributed by atoms with Gasteiger partial charge >= 0.3 is 5.97 Å². The van der Waals surface area contributed by atoms with Crippen LogP contribution in [0.5, 0.6) is 0 Å². The van der Waals surface area contributed by atoms with E-state index in [2.05, 4.69) is 11.7 Å². The largest absolute Gasteiger partial charge is 0.469 e. The fourth-order valence-electron chi connectivity index (χ4n) is 3.35. The summed E-state index contributed by atoms with van der Waals surface area (Å²) < 4.78 is 16.2. The van der Waals surface area contributed by atoms with Crippen LogP contribution in [0.25, 0.3) is 0 Å². The molecule has 0 aromatic heterocycles. The third kappa shape index (κ3) is 7.67. The lowest BCUT2D eigenvalue weighted by molar-refractivity contribution is -0.140. The molecule has 0 saturated carbocycles. The fraction of sp³-hybridized carbons (Fsp3) is 0.947. The molecule has 0 radical (unpaired) electrons. The summed E-state index contributed by atoms with van der Waals surface area (Å²) in [4.78, 5) is 11.0. The van der Waals surface area contributed by atoms with E-state index in [0.29, 0.717) is 30.8 Å². The zero-order valence-electron chi connectivity index (χ0n) is 14.9. The number of methoxy groups -OCH3 is 1. The predicted octanol–water partition coefficient (Wildman–Crippen LogP) is 4.40. The Hall–Kier alpha value is -0.610. The first-order valence-electron chi connectivity index (χ1n) is 9.62. The van der Waals surface area contributed by atoms with Gasteiger partial charge in [-0.25, -0.2) is 0 Å². The second kappa shape index (κ2) is 10.3. The lowest BCUT2D eigenvalue weighted by Gasteiger charge is -2.00. The van der Waals surface area contributed by atoms with Crippen molar-refractivity contribution in [1.82, 2.24) is 0 Å². The van der Waals surface area contributed by atoms with E-state index in [1.54, 1.807) is 0 Å². The highest BCUT2D eigenvalue weighted by molar-refractivity contribution is 5.68. The van der Waals surface area contributed by atoms with Gasteiger partial charge in [-0.3, -0.25) is 4.79 Å². The van der Waals surface area contributed by atoms with Crippen molar-refractivity contribution in [3.63, 3.8) is 0 Å². The highest BCUT2D eigenvalue weighted by Crippen LogP contribution is 2.39. The molecule has 2 aliphatic heterocycles. The Morgan fingerprint density at radius 2 is 1.39 bits per heavy atom.